The Morgan fingerprint density at radius 2 is 1.60 bits per heavy atom. The molecule has 0 bridgehead atoms. The zero-order chi connectivity index (χ0) is 29.7. The molecule has 1 N–H and O–H groups in total. The van der Waals surface area contributed by atoms with Crippen LogP contribution in [0.3, 0.4) is 0 Å². The Balaban J connectivity index is 1.15. The molecular formula is C32H36Cl2N4O3S. The third kappa shape index (κ3) is 5.66. The molecule has 222 valence electrons. The molecule has 2 saturated heterocycles. The van der Waals surface area contributed by atoms with Gasteiger partial charge in [0, 0.05) is 54.8 Å². The quantitative estimate of drug-likeness (QED) is 0.349. The van der Waals surface area contributed by atoms with Gasteiger partial charge in [-0.05, 0) is 96.5 Å². The summed E-state index contributed by atoms with van der Waals surface area (Å²) in [6.07, 6.45) is 8.65. The number of rotatable bonds is 5. The van der Waals surface area contributed by atoms with Gasteiger partial charge in [-0.2, -0.15) is 0 Å². The number of nitrogens with one attached hydrogen (secondary N) is 1. The molecule has 1 aliphatic carbocycles. The molecule has 3 aliphatic rings. The lowest BCUT2D eigenvalue weighted by atomic mass is 9.71. The smallest absolute Gasteiger partial charge is 0.253 e. The SMILES string of the molecule is CC1(C)Cc2ccc(C(=O)N3CCC4(CC3)CCN(c3ccncc3)CC4)cc2C1NS(=O)(=O)c1ccc(Cl)cc1Cl. The Morgan fingerprint density at radius 3 is 2.26 bits per heavy atom. The molecule has 1 unspecified atom stereocenters. The molecule has 6 rings (SSSR count). The van der Waals surface area contributed by atoms with E-state index in [0.717, 1.165) is 63.0 Å². The number of fused-ring (bicyclic) bond motifs is 1. The summed E-state index contributed by atoms with van der Waals surface area (Å²) >= 11 is 12.2. The Hall–Kier alpha value is -2.65. The van der Waals surface area contributed by atoms with E-state index in [0.29, 0.717) is 17.0 Å². The van der Waals surface area contributed by atoms with E-state index in [9.17, 15) is 13.2 Å². The van der Waals surface area contributed by atoms with Crippen molar-refractivity contribution in [2.45, 2.75) is 56.9 Å². The Bertz CT molecular complexity index is 1600. The third-order valence-electron chi connectivity index (χ3n) is 9.55. The summed E-state index contributed by atoms with van der Waals surface area (Å²) in [5.41, 5.74) is 3.61. The maximum absolute atomic E-state index is 13.7. The first-order valence-electron chi connectivity index (χ1n) is 14.5. The van der Waals surface area contributed by atoms with Gasteiger partial charge in [-0.15, -0.1) is 0 Å². The number of aromatic nitrogens is 1. The monoisotopic (exact) mass is 626 g/mol. The molecule has 42 heavy (non-hydrogen) atoms. The topological polar surface area (TPSA) is 82.6 Å². The highest BCUT2D eigenvalue weighted by atomic mass is 35.5. The summed E-state index contributed by atoms with van der Waals surface area (Å²) < 4.78 is 29.7. The van der Waals surface area contributed by atoms with Crippen LogP contribution in [-0.2, 0) is 16.4 Å². The van der Waals surface area contributed by atoms with Crippen molar-refractivity contribution in [3.05, 3.63) is 87.7 Å². The molecule has 1 amide bonds. The van der Waals surface area contributed by atoms with Gasteiger partial charge in [0.15, 0.2) is 0 Å². The number of sulfonamides is 1. The second-order valence-corrected chi connectivity index (χ2v) is 15.2. The minimum Gasteiger partial charge on any atom is -0.371 e. The Labute approximate surface area is 258 Å². The zero-order valence-electron chi connectivity index (χ0n) is 23.9. The highest BCUT2D eigenvalue weighted by Crippen LogP contribution is 2.47. The fourth-order valence-electron chi connectivity index (χ4n) is 6.97. The number of hydrogen-bond acceptors (Lipinski definition) is 5. The minimum atomic E-state index is -3.94. The average Bonchev–Trinajstić information content (AvgIpc) is 3.21. The molecule has 2 aliphatic heterocycles. The lowest BCUT2D eigenvalue weighted by Crippen LogP contribution is -2.48. The van der Waals surface area contributed by atoms with Crippen LogP contribution in [0.25, 0.3) is 0 Å². The summed E-state index contributed by atoms with van der Waals surface area (Å²) in [5, 5.41) is 0.438. The number of halogens is 2. The second kappa shape index (κ2) is 11.1. The third-order valence-corrected chi connectivity index (χ3v) is 11.7. The fourth-order valence-corrected chi connectivity index (χ4v) is 9.13. The van der Waals surface area contributed by atoms with Crippen LogP contribution in [0.4, 0.5) is 5.69 Å². The van der Waals surface area contributed by atoms with Crippen molar-refractivity contribution >= 4 is 44.8 Å². The van der Waals surface area contributed by atoms with Crippen LogP contribution in [0.5, 0.6) is 0 Å². The Morgan fingerprint density at radius 1 is 0.929 bits per heavy atom. The van der Waals surface area contributed by atoms with Gasteiger partial charge in [0.25, 0.3) is 5.91 Å². The van der Waals surface area contributed by atoms with E-state index in [2.05, 4.69) is 26.7 Å². The van der Waals surface area contributed by atoms with Crippen LogP contribution in [0.15, 0.2) is 65.8 Å². The van der Waals surface area contributed by atoms with Crippen molar-refractivity contribution in [2.24, 2.45) is 10.8 Å². The minimum absolute atomic E-state index is 0.00827. The first-order valence-corrected chi connectivity index (χ1v) is 16.7. The van der Waals surface area contributed by atoms with Crippen LogP contribution in [0, 0.1) is 10.8 Å². The molecule has 7 nitrogen and oxygen atoms in total. The number of piperidine rings is 2. The van der Waals surface area contributed by atoms with E-state index in [-0.39, 0.29) is 21.2 Å². The predicted octanol–water partition coefficient (Wildman–Crippen LogP) is 6.51. The van der Waals surface area contributed by atoms with Gasteiger partial charge in [-0.3, -0.25) is 9.78 Å². The molecule has 1 atom stereocenters. The number of benzene rings is 2. The number of likely N-dealkylation sites (tertiary alicyclic amines) is 1. The molecule has 1 spiro atoms. The van der Waals surface area contributed by atoms with Crippen molar-refractivity contribution in [1.29, 1.82) is 0 Å². The molecule has 0 saturated carbocycles. The van der Waals surface area contributed by atoms with E-state index >= 15 is 0 Å². The summed E-state index contributed by atoms with van der Waals surface area (Å²) in [5.74, 6) is 0.00827. The molecule has 2 fully saturated rings. The normalized spacial score (nSPS) is 21.4. The van der Waals surface area contributed by atoms with Crippen LogP contribution in [0.1, 0.15) is 67.1 Å². The first-order chi connectivity index (χ1) is 20.0. The summed E-state index contributed by atoms with van der Waals surface area (Å²) in [4.78, 5) is 22.2. The highest BCUT2D eigenvalue weighted by Gasteiger charge is 2.43. The first kappa shape index (κ1) is 29.4. The number of carbonyl (C=O) groups excluding carboxylic acids is 1. The van der Waals surface area contributed by atoms with Crippen molar-refractivity contribution in [1.82, 2.24) is 14.6 Å². The van der Waals surface area contributed by atoms with Crippen molar-refractivity contribution in [3.63, 3.8) is 0 Å². The lowest BCUT2D eigenvalue weighted by molar-refractivity contribution is 0.0515. The fraction of sp³-hybridized carbons (Fsp3) is 0.438. The highest BCUT2D eigenvalue weighted by molar-refractivity contribution is 7.89. The van der Waals surface area contributed by atoms with Crippen molar-refractivity contribution in [2.75, 3.05) is 31.1 Å². The summed E-state index contributed by atoms with van der Waals surface area (Å²) in [6.45, 7) is 7.60. The van der Waals surface area contributed by atoms with Crippen molar-refractivity contribution in [3.8, 4) is 0 Å². The predicted molar refractivity (Wildman–Crippen MR) is 167 cm³/mol. The van der Waals surface area contributed by atoms with Gasteiger partial charge in [-0.1, -0.05) is 43.1 Å². The number of pyridine rings is 1. The van der Waals surface area contributed by atoms with Gasteiger partial charge in [0.05, 0.1) is 11.1 Å². The van der Waals surface area contributed by atoms with Gasteiger partial charge in [0.1, 0.15) is 4.90 Å². The summed E-state index contributed by atoms with van der Waals surface area (Å²) in [7, 11) is -3.94. The number of anilines is 1. The lowest BCUT2D eigenvalue weighted by Gasteiger charge is -2.47. The average molecular weight is 628 g/mol. The number of nitrogens with zero attached hydrogens (tertiary/aromatic N) is 3. The van der Waals surface area contributed by atoms with Crippen LogP contribution in [0.2, 0.25) is 10.0 Å². The molecular weight excluding hydrogens is 591 g/mol. The van der Waals surface area contributed by atoms with E-state index in [4.69, 9.17) is 23.2 Å². The maximum Gasteiger partial charge on any atom is 0.253 e. The molecule has 3 aromatic rings. The van der Waals surface area contributed by atoms with Gasteiger partial charge in [0.2, 0.25) is 10.0 Å². The molecule has 0 radical (unpaired) electrons. The molecule has 1 aromatic heterocycles. The van der Waals surface area contributed by atoms with Crippen molar-refractivity contribution < 1.29 is 13.2 Å². The molecule has 10 heteroatoms. The van der Waals surface area contributed by atoms with E-state index in [1.54, 1.807) is 0 Å². The van der Waals surface area contributed by atoms with Gasteiger partial charge < -0.3 is 9.80 Å². The van der Waals surface area contributed by atoms with Gasteiger partial charge in [-0.25, -0.2) is 13.1 Å². The number of carbonyl (C=O) groups is 1. The van der Waals surface area contributed by atoms with Crippen LogP contribution < -0.4 is 9.62 Å². The number of amides is 1. The standard InChI is InChI=1S/C32H36Cl2N4O3S/c1-31(2)21-23-4-3-22(19-26(23)29(31)36-42(40,41)28-6-5-24(33)20-27(28)34)30(39)38-17-11-32(12-18-38)9-15-37(16-10-32)25-7-13-35-14-8-25/h3-8,13-14,19-20,29,36H,9-12,15-18,21H2,1-2H3. The Kier molecular flexibility index (Phi) is 7.79. The second-order valence-electron chi connectivity index (χ2n) is 12.7. The van der Waals surface area contributed by atoms with Gasteiger partial charge >= 0.3 is 0 Å². The van der Waals surface area contributed by atoms with Crippen LogP contribution >= 0.6 is 23.2 Å². The molecule has 3 heterocycles. The summed E-state index contributed by atoms with van der Waals surface area (Å²) in [6, 6.07) is 13.7. The maximum atomic E-state index is 13.7. The van der Waals surface area contributed by atoms with Crippen LogP contribution in [-0.4, -0.2) is 50.4 Å². The van der Waals surface area contributed by atoms with E-state index in [1.165, 1.54) is 23.9 Å². The molecule has 2 aromatic carbocycles. The largest absolute Gasteiger partial charge is 0.371 e. The number of hydrogen-bond donors (Lipinski definition) is 1. The van der Waals surface area contributed by atoms with E-state index < -0.39 is 21.5 Å². The van der Waals surface area contributed by atoms with E-state index in [1.807, 2.05) is 49.3 Å². The zero-order valence-corrected chi connectivity index (χ0v) is 26.3.